The maximum absolute atomic E-state index is 12.8. The van der Waals surface area contributed by atoms with Gasteiger partial charge >= 0.3 is 0 Å². The van der Waals surface area contributed by atoms with Crippen molar-refractivity contribution in [2.24, 2.45) is 0 Å². The van der Waals surface area contributed by atoms with Gasteiger partial charge in [0.25, 0.3) is 5.56 Å². The molecule has 3 aromatic rings. The smallest absolute Gasteiger partial charge is 0.258 e. The molecule has 1 N–H and O–H groups in total. The highest BCUT2D eigenvalue weighted by molar-refractivity contribution is 5.64. The van der Waals surface area contributed by atoms with Crippen LogP contribution in [0.25, 0.3) is 16.9 Å². The molecule has 1 atom stereocenters. The van der Waals surface area contributed by atoms with E-state index in [-0.39, 0.29) is 5.56 Å². The number of benzene rings is 1. The van der Waals surface area contributed by atoms with Gasteiger partial charge in [0.1, 0.15) is 11.4 Å². The molecule has 1 aliphatic heterocycles. The highest BCUT2D eigenvalue weighted by Crippen LogP contribution is 2.27. The topological polar surface area (TPSA) is 55.6 Å². The minimum Gasteiger partial charge on any atom is -0.496 e. The Morgan fingerprint density at radius 2 is 2.14 bits per heavy atom. The Labute approximate surface area is 165 Å². The number of aryl methyl sites for hydroxylation is 1. The third-order valence-corrected chi connectivity index (χ3v) is 5.55. The fourth-order valence-corrected chi connectivity index (χ4v) is 4.05. The summed E-state index contributed by atoms with van der Waals surface area (Å²) in [5.74, 6) is 1.34. The maximum atomic E-state index is 12.8. The number of pyridine rings is 1. The number of hydrogen-bond donors (Lipinski definition) is 1. The molecule has 3 heterocycles. The van der Waals surface area contributed by atoms with Gasteiger partial charge in [0, 0.05) is 24.4 Å². The summed E-state index contributed by atoms with van der Waals surface area (Å²) in [6.07, 6.45) is 6.26. The first kappa shape index (κ1) is 18.7. The SMILES string of the molecule is CCCc1cc(-c2cc(=O)n3cc(C4CCCNC4)ccc3n2)ccc1OC. The van der Waals surface area contributed by atoms with Crippen molar-refractivity contribution in [2.75, 3.05) is 20.2 Å². The van der Waals surface area contributed by atoms with Crippen LogP contribution in [0.3, 0.4) is 0 Å². The van der Waals surface area contributed by atoms with Gasteiger partial charge in [-0.25, -0.2) is 4.98 Å². The first-order valence-corrected chi connectivity index (χ1v) is 10.1. The Balaban J connectivity index is 1.73. The van der Waals surface area contributed by atoms with Gasteiger partial charge in [0.2, 0.25) is 0 Å². The van der Waals surface area contributed by atoms with E-state index < -0.39 is 0 Å². The summed E-state index contributed by atoms with van der Waals surface area (Å²) in [5.41, 5.74) is 4.64. The van der Waals surface area contributed by atoms with E-state index in [1.165, 1.54) is 12.0 Å². The van der Waals surface area contributed by atoms with Gasteiger partial charge in [0.15, 0.2) is 0 Å². The van der Waals surface area contributed by atoms with Crippen molar-refractivity contribution >= 4 is 5.65 Å². The third-order valence-electron chi connectivity index (χ3n) is 5.55. The first-order chi connectivity index (χ1) is 13.7. The van der Waals surface area contributed by atoms with Crippen molar-refractivity contribution < 1.29 is 4.74 Å². The second kappa shape index (κ2) is 8.15. The molecule has 146 valence electrons. The number of methoxy groups -OCH3 is 1. The second-order valence-electron chi connectivity index (χ2n) is 7.49. The Bertz CT molecular complexity index is 1040. The first-order valence-electron chi connectivity index (χ1n) is 10.1. The Morgan fingerprint density at radius 3 is 2.89 bits per heavy atom. The van der Waals surface area contributed by atoms with Crippen LogP contribution in [-0.2, 0) is 6.42 Å². The predicted octanol–water partition coefficient (Wildman–Crippen LogP) is 3.79. The number of hydrogen-bond acceptors (Lipinski definition) is 4. The van der Waals surface area contributed by atoms with Crippen LogP contribution in [0.1, 0.15) is 43.2 Å². The van der Waals surface area contributed by atoms with Gasteiger partial charge in [-0.05, 0) is 67.1 Å². The molecule has 0 saturated carbocycles. The summed E-state index contributed by atoms with van der Waals surface area (Å²) in [7, 11) is 1.69. The second-order valence-corrected chi connectivity index (χ2v) is 7.49. The third kappa shape index (κ3) is 3.67. The lowest BCUT2D eigenvalue weighted by molar-refractivity contribution is 0.409. The summed E-state index contributed by atoms with van der Waals surface area (Å²) >= 11 is 0. The van der Waals surface area contributed by atoms with Gasteiger partial charge in [0.05, 0.1) is 12.8 Å². The summed E-state index contributed by atoms with van der Waals surface area (Å²) in [5, 5.41) is 3.44. The Morgan fingerprint density at radius 1 is 1.25 bits per heavy atom. The number of piperidine rings is 1. The lowest BCUT2D eigenvalue weighted by atomic mass is 9.93. The molecule has 0 spiro atoms. The minimum absolute atomic E-state index is 0.0431. The van der Waals surface area contributed by atoms with Crippen LogP contribution >= 0.6 is 0 Å². The lowest BCUT2D eigenvalue weighted by Crippen LogP contribution is -2.28. The summed E-state index contributed by atoms with van der Waals surface area (Å²) in [4.78, 5) is 17.6. The van der Waals surface area contributed by atoms with Crippen molar-refractivity contribution in [1.82, 2.24) is 14.7 Å². The number of rotatable bonds is 5. The molecular weight excluding hydrogens is 350 g/mol. The van der Waals surface area contributed by atoms with E-state index in [9.17, 15) is 4.79 Å². The van der Waals surface area contributed by atoms with Crippen molar-refractivity contribution in [1.29, 1.82) is 0 Å². The predicted molar refractivity (Wildman–Crippen MR) is 112 cm³/mol. The number of nitrogens with zero attached hydrogens (tertiary/aromatic N) is 2. The number of ether oxygens (including phenoxy) is 1. The van der Waals surface area contributed by atoms with E-state index in [2.05, 4.69) is 24.4 Å². The van der Waals surface area contributed by atoms with Gasteiger partial charge in [-0.2, -0.15) is 0 Å². The van der Waals surface area contributed by atoms with Crippen LogP contribution in [0.4, 0.5) is 0 Å². The fourth-order valence-electron chi connectivity index (χ4n) is 4.05. The van der Waals surface area contributed by atoms with Crippen LogP contribution in [0.15, 0.2) is 47.4 Å². The summed E-state index contributed by atoms with van der Waals surface area (Å²) in [6.45, 7) is 4.20. The highest BCUT2D eigenvalue weighted by atomic mass is 16.5. The molecule has 1 unspecified atom stereocenters. The van der Waals surface area contributed by atoms with Gasteiger partial charge in [-0.1, -0.05) is 19.4 Å². The van der Waals surface area contributed by atoms with Crippen molar-refractivity contribution in [3.05, 3.63) is 64.1 Å². The van der Waals surface area contributed by atoms with E-state index in [1.807, 2.05) is 24.4 Å². The minimum atomic E-state index is -0.0431. The maximum Gasteiger partial charge on any atom is 0.258 e. The quantitative estimate of drug-likeness (QED) is 0.735. The number of nitrogens with one attached hydrogen (secondary N) is 1. The molecule has 4 rings (SSSR count). The standard InChI is InChI=1S/C23H27N3O2/c1-3-5-17-12-16(7-9-21(17)28-2)20-13-23(27)26-15-19(8-10-22(26)25-20)18-6-4-11-24-14-18/h7-10,12-13,15,18,24H,3-6,11,14H2,1-2H3. The zero-order chi connectivity index (χ0) is 19.5. The van der Waals surface area contributed by atoms with E-state index in [0.29, 0.717) is 17.3 Å². The number of aromatic nitrogens is 2. The zero-order valence-electron chi connectivity index (χ0n) is 16.6. The molecule has 2 aromatic heterocycles. The normalized spacial score (nSPS) is 17.0. The molecule has 28 heavy (non-hydrogen) atoms. The van der Waals surface area contributed by atoms with E-state index in [4.69, 9.17) is 9.72 Å². The van der Waals surface area contributed by atoms with Crippen LogP contribution < -0.4 is 15.6 Å². The molecule has 5 heteroatoms. The van der Waals surface area contributed by atoms with Crippen molar-refractivity contribution in [2.45, 2.75) is 38.5 Å². The van der Waals surface area contributed by atoms with Crippen LogP contribution in [0.5, 0.6) is 5.75 Å². The lowest BCUT2D eigenvalue weighted by Gasteiger charge is -2.23. The van der Waals surface area contributed by atoms with Crippen molar-refractivity contribution in [3.63, 3.8) is 0 Å². The largest absolute Gasteiger partial charge is 0.496 e. The average molecular weight is 377 g/mol. The van der Waals surface area contributed by atoms with E-state index in [1.54, 1.807) is 17.6 Å². The van der Waals surface area contributed by atoms with E-state index >= 15 is 0 Å². The fraction of sp³-hybridized carbons (Fsp3) is 0.391. The summed E-state index contributed by atoms with van der Waals surface area (Å²) < 4.78 is 7.13. The van der Waals surface area contributed by atoms with E-state index in [0.717, 1.165) is 49.2 Å². The van der Waals surface area contributed by atoms with Gasteiger partial charge < -0.3 is 10.1 Å². The molecule has 1 aromatic carbocycles. The molecular formula is C23H27N3O2. The summed E-state index contributed by atoms with van der Waals surface area (Å²) in [6, 6.07) is 11.7. The van der Waals surface area contributed by atoms with Gasteiger partial charge in [-0.15, -0.1) is 0 Å². The average Bonchev–Trinajstić information content (AvgIpc) is 2.74. The highest BCUT2D eigenvalue weighted by Gasteiger charge is 2.16. The molecule has 0 radical (unpaired) electrons. The zero-order valence-corrected chi connectivity index (χ0v) is 16.6. The molecule has 0 bridgehead atoms. The molecule has 1 saturated heterocycles. The molecule has 0 amide bonds. The van der Waals surface area contributed by atoms with Gasteiger partial charge in [-0.3, -0.25) is 9.20 Å². The molecule has 1 fully saturated rings. The van der Waals surface area contributed by atoms with Crippen LogP contribution in [-0.4, -0.2) is 29.6 Å². The monoisotopic (exact) mass is 377 g/mol. The Kier molecular flexibility index (Phi) is 5.44. The number of fused-ring (bicyclic) bond motifs is 1. The van der Waals surface area contributed by atoms with Crippen molar-refractivity contribution in [3.8, 4) is 17.0 Å². The molecule has 1 aliphatic rings. The van der Waals surface area contributed by atoms with Crippen LogP contribution in [0.2, 0.25) is 0 Å². The molecule has 0 aliphatic carbocycles. The molecule has 5 nitrogen and oxygen atoms in total. The van der Waals surface area contributed by atoms with Crippen LogP contribution in [0, 0.1) is 0 Å². The Hall–Kier alpha value is -2.66.